The van der Waals surface area contributed by atoms with Gasteiger partial charge in [-0.25, -0.2) is 0 Å². The van der Waals surface area contributed by atoms with Gasteiger partial charge in [0.15, 0.2) is 10.9 Å². The van der Waals surface area contributed by atoms with Crippen molar-refractivity contribution < 1.29 is 113 Å². The normalized spacial score (nSPS) is 18.3. The Bertz CT molecular complexity index is 2150. The number of anilines is 1. The van der Waals surface area contributed by atoms with E-state index in [1.807, 2.05) is 18.4 Å². The average molecular weight is 1200 g/mol. The first-order valence-electron chi connectivity index (χ1n) is 23.7. The van der Waals surface area contributed by atoms with Crippen molar-refractivity contribution in [3.05, 3.63) is 42.0 Å². The molecular formula is C47H66GdN8O15S2. The van der Waals surface area contributed by atoms with Crippen LogP contribution in [0.3, 0.4) is 0 Å². The van der Waals surface area contributed by atoms with Crippen molar-refractivity contribution in [2.24, 2.45) is 17.8 Å². The summed E-state index contributed by atoms with van der Waals surface area (Å²) in [5.74, 6) is -9.07. The summed E-state index contributed by atoms with van der Waals surface area (Å²) in [5.41, 5.74) is 1.41. The van der Waals surface area contributed by atoms with E-state index in [0.29, 0.717) is 48.9 Å². The Hall–Kier alpha value is -4.54. The molecule has 3 aliphatic rings. The number of ketones is 2. The molecule has 4 rings (SSSR count). The molecule has 26 heteroatoms. The third-order valence-corrected chi connectivity index (χ3v) is 13.7. The monoisotopic (exact) mass is 1200 g/mol. The number of benzene rings is 1. The van der Waals surface area contributed by atoms with Crippen molar-refractivity contribution in [2.75, 3.05) is 115 Å². The van der Waals surface area contributed by atoms with E-state index in [1.54, 1.807) is 36.6 Å². The molecule has 23 nitrogen and oxygen atoms in total. The van der Waals surface area contributed by atoms with Crippen molar-refractivity contribution in [3.8, 4) is 0 Å². The van der Waals surface area contributed by atoms with Gasteiger partial charge in [0.05, 0.1) is 44.6 Å². The van der Waals surface area contributed by atoms with E-state index in [4.69, 9.17) is 12.2 Å². The summed E-state index contributed by atoms with van der Waals surface area (Å²) in [4.78, 5) is 132. The predicted octanol–water partition coefficient (Wildman–Crippen LogP) is -0.0137. The molecule has 7 N–H and O–H groups in total. The molecule has 2 saturated heterocycles. The number of carboxylic acid groups (broad SMARTS) is 5. The van der Waals surface area contributed by atoms with Gasteiger partial charge < -0.3 is 41.1 Å². The molecule has 404 valence electrons. The second-order valence-electron chi connectivity index (χ2n) is 18.2. The molecule has 0 aromatic heterocycles. The number of aliphatic carboxylic acids is 5. The minimum absolute atomic E-state index is 0. The maximum atomic E-state index is 13.4. The van der Waals surface area contributed by atoms with Gasteiger partial charge in [0.2, 0.25) is 5.91 Å². The zero-order valence-electron chi connectivity index (χ0n) is 40.7. The summed E-state index contributed by atoms with van der Waals surface area (Å²) in [7, 11) is 0. The fraction of sp³-hybridized carbons (Fsp3) is 0.596. The maximum absolute atomic E-state index is 13.4. The van der Waals surface area contributed by atoms with Crippen LogP contribution < -0.4 is 10.6 Å². The zero-order valence-corrected chi connectivity index (χ0v) is 44.6. The number of nitrogens with one attached hydrogen (secondary N) is 2. The number of amides is 3. The maximum Gasteiger partial charge on any atom is 0.317 e. The van der Waals surface area contributed by atoms with E-state index in [-0.39, 0.29) is 143 Å². The van der Waals surface area contributed by atoms with Crippen LogP contribution in [-0.4, -0.2) is 235 Å². The number of carbonyl (C=O) groups excluding carboxylic acids is 5. The standard InChI is InChI=1S/C47H66N8O15S2.Gd/c1-72-19-11-32(45(68)48-23-37(56)21-33(46(69)70)4-2-3-12-55-39(58)9-10-40(55)59)22-38(57)34-24-54(25-34)47(71)49-35-7-5-31(6-8-35)20-36-26-52(29-43(64)65)16-15-50(27-41(60)61)13-14-51(28-42(62)63)17-18-53(36)30-44(66)67;/h5-10,32-34,36H,2-4,11-30H2,1H3,(H,48,68)(H,49,71)(H,60,61)(H,62,63)(H,64,65)(H,66,67)(H,69,70);/t32-,33-,36?;/m1./s1. The number of imide groups is 1. The summed E-state index contributed by atoms with van der Waals surface area (Å²) < 4.78 is 0. The third-order valence-electron chi connectivity index (χ3n) is 12.7. The molecule has 1 aromatic carbocycles. The molecule has 0 spiro atoms. The Labute approximate surface area is 465 Å². The van der Waals surface area contributed by atoms with E-state index >= 15 is 0 Å². The molecule has 0 radical (unpaired) electrons. The number of likely N-dealkylation sites (tertiary alicyclic amines) is 1. The predicted molar refractivity (Wildman–Crippen MR) is 266 cm³/mol. The van der Waals surface area contributed by atoms with Crippen molar-refractivity contribution in [1.82, 2.24) is 34.7 Å². The van der Waals surface area contributed by atoms with Crippen LogP contribution in [0.2, 0.25) is 0 Å². The van der Waals surface area contributed by atoms with Crippen molar-refractivity contribution in [1.29, 1.82) is 0 Å². The number of thiocarbonyl (C=S) groups is 1. The molecule has 73 heavy (non-hydrogen) atoms. The smallest absolute Gasteiger partial charge is 0.317 e. The fourth-order valence-electron chi connectivity index (χ4n) is 8.70. The minimum atomic E-state index is -1.17. The van der Waals surface area contributed by atoms with Gasteiger partial charge in [-0.15, -0.1) is 0 Å². The SMILES string of the molecule is CSCC[C@H](CC(=O)C1CN(C(=S)Nc2ccc(CC3CN(CC(=O)O)CCN(CC(=O)O)CCN(CC(=O)O)CCN3CC(=O)O)cc2)C1)C(=O)NCC(=O)C[C@@H](CCCCN1C(=O)C=CC1=O)C(=O)O.[Gd]. The van der Waals surface area contributed by atoms with Gasteiger partial charge in [0, 0.05) is 148 Å². The molecular weight excluding hydrogens is 1140 g/mol. The topological polar surface area (TPSA) is 315 Å². The molecule has 3 amide bonds. The Kier molecular flexibility index (Phi) is 27.5. The van der Waals surface area contributed by atoms with Gasteiger partial charge in [-0.2, -0.15) is 11.8 Å². The van der Waals surface area contributed by atoms with Crippen molar-refractivity contribution in [2.45, 2.75) is 51.0 Å². The average Bonchev–Trinajstić information content (AvgIpc) is 3.61. The molecule has 3 heterocycles. The Morgan fingerprint density at radius 3 is 1.79 bits per heavy atom. The Balaban J connectivity index is 0.0000141. The summed E-state index contributed by atoms with van der Waals surface area (Å²) in [5, 5.41) is 54.6. The van der Waals surface area contributed by atoms with Gasteiger partial charge in [-0.1, -0.05) is 18.6 Å². The van der Waals surface area contributed by atoms with E-state index in [1.165, 1.54) is 23.9 Å². The molecule has 3 atom stereocenters. The van der Waals surface area contributed by atoms with Crippen LogP contribution in [0.4, 0.5) is 5.69 Å². The van der Waals surface area contributed by atoms with Crippen LogP contribution in [0.1, 0.15) is 44.1 Å². The number of Topliss-reactive ketones (excluding diaryl/α,β-unsaturated/α-hetero) is 2. The number of carboxylic acids is 5. The van der Waals surface area contributed by atoms with Gasteiger partial charge in [-0.05, 0) is 67.6 Å². The zero-order chi connectivity index (χ0) is 52.9. The van der Waals surface area contributed by atoms with Crippen LogP contribution in [0.5, 0.6) is 0 Å². The first-order chi connectivity index (χ1) is 34.2. The third kappa shape index (κ3) is 22.5. The van der Waals surface area contributed by atoms with E-state index in [9.17, 15) is 73.5 Å². The summed E-state index contributed by atoms with van der Waals surface area (Å²) >= 11 is 7.16. The molecule has 3 aliphatic heterocycles. The Morgan fingerprint density at radius 2 is 1.25 bits per heavy atom. The van der Waals surface area contributed by atoms with Gasteiger partial charge in [-0.3, -0.25) is 72.4 Å². The first kappa shape index (κ1) is 62.8. The molecule has 1 unspecified atom stereocenters. The fourth-order valence-corrected chi connectivity index (χ4v) is 9.49. The summed E-state index contributed by atoms with van der Waals surface area (Å²) in [6, 6.07) is 6.64. The first-order valence-corrected chi connectivity index (χ1v) is 25.5. The van der Waals surface area contributed by atoms with Gasteiger partial charge in [0.1, 0.15) is 5.78 Å². The second kappa shape index (κ2) is 32.0. The van der Waals surface area contributed by atoms with E-state index in [2.05, 4.69) is 10.6 Å². The minimum Gasteiger partial charge on any atom is -0.481 e. The van der Waals surface area contributed by atoms with Crippen LogP contribution in [0.15, 0.2) is 36.4 Å². The number of thioether (sulfide) groups is 1. The molecule has 1 aromatic rings. The molecule has 0 bridgehead atoms. The molecule has 2 fully saturated rings. The number of carbonyl (C=O) groups is 10. The number of rotatable bonds is 28. The molecule has 0 aliphatic carbocycles. The van der Waals surface area contributed by atoms with Crippen molar-refractivity contribution in [3.63, 3.8) is 0 Å². The van der Waals surface area contributed by atoms with Crippen molar-refractivity contribution >= 4 is 93.9 Å². The summed E-state index contributed by atoms with van der Waals surface area (Å²) in [6.45, 7) is 0.0677. The Morgan fingerprint density at radius 1 is 0.699 bits per heavy atom. The van der Waals surface area contributed by atoms with Crippen LogP contribution in [0.25, 0.3) is 0 Å². The number of unbranched alkanes of at least 4 members (excludes halogenated alkanes) is 1. The number of hydrogen-bond acceptors (Lipinski definition) is 16. The van der Waals surface area contributed by atoms with E-state index in [0.717, 1.165) is 10.5 Å². The van der Waals surface area contributed by atoms with Gasteiger partial charge >= 0.3 is 29.8 Å². The summed E-state index contributed by atoms with van der Waals surface area (Å²) in [6.07, 6.45) is 5.38. The second-order valence-corrected chi connectivity index (χ2v) is 19.6. The number of hydrogen-bond donors (Lipinski definition) is 7. The van der Waals surface area contributed by atoms with Crippen LogP contribution >= 0.6 is 24.0 Å². The van der Waals surface area contributed by atoms with Crippen LogP contribution in [-0.2, 0) is 54.4 Å². The number of nitrogens with zero attached hydrogens (tertiary/aromatic N) is 6. The van der Waals surface area contributed by atoms with Gasteiger partial charge in [0.25, 0.3) is 11.8 Å². The molecule has 0 saturated carbocycles. The quantitative estimate of drug-likeness (QED) is 0.0330. The van der Waals surface area contributed by atoms with Crippen LogP contribution in [0, 0.1) is 57.7 Å². The van der Waals surface area contributed by atoms with E-state index < -0.39 is 90.2 Å². The largest absolute Gasteiger partial charge is 0.481 e.